The summed E-state index contributed by atoms with van der Waals surface area (Å²) in [6.45, 7) is 10.6. The van der Waals surface area contributed by atoms with Crippen LogP contribution in [-0.2, 0) is 9.53 Å². The zero-order valence-corrected chi connectivity index (χ0v) is 12.9. The van der Waals surface area contributed by atoms with Crippen LogP contribution in [0, 0.1) is 11.8 Å². The van der Waals surface area contributed by atoms with E-state index in [1.54, 1.807) is 0 Å². The Labute approximate surface area is 122 Å². The first-order valence-corrected chi connectivity index (χ1v) is 7.92. The molecule has 0 aliphatic carbocycles. The Kier molecular flexibility index (Phi) is 5.81. The van der Waals surface area contributed by atoms with Crippen molar-refractivity contribution in [2.45, 2.75) is 32.7 Å². The van der Waals surface area contributed by atoms with E-state index in [4.69, 9.17) is 10.5 Å². The van der Waals surface area contributed by atoms with Gasteiger partial charge in [-0.05, 0) is 24.7 Å². The van der Waals surface area contributed by atoms with Crippen LogP contribution in [0.4, 0.5) is 0 Å². The van der Waals surface area contributed by atoms with Gasteiger partial charge in [0.25, 0.3) is 0 Å². The first-order valence-electron chi connectivity index (χ1n) is 7.92. The van der Waals surface area contributed by atoms with Crippen molar-refractivity contribution in [2.24, 2.45) is 17.6 Å². The molecule has 2 fully saturated rings. The number of hydrogen-bond donors (Lipinski definition) is 1. The molecule has 0 saturated carbocycles. The second kappa shape index (κ2) is 7.38. The number of ether oxygens (including phenoxy) is 1. The number of carbonyl (C=O) groups is 1. The minimum atomic E-state index is -0.350. The van der Waals surface area contributed by atoms with Gasteiger partial charge in [-0.1, -0.05) is 13.8 Å². The van der Waals surface area contributed by atoms with Crippen molar-refractivity contribution in [3.8, 4) is 0 Å². The highest BCUT2D eigenvalue weighted by Gasteiger charge is 2.29. The fraction of sp³-hybridized carbons (Fsp3) is 0.933. The summed E-state index contributed by atoms with van der Waals surface area (Å²) in [6, 6.07) is -0.350. The molecule has 5 heteroatoms. The Morgan fingerprint density at radius 1 is 1.30 bits per heavy atom. The largest absolute Gasteiger partial charge is 0.379 e. The van der Waals surface area contributed by atoms with Gasteiger partial charge in [0.1, 0.15) is 0 Å². The van der Waals surface area contributed by atoms with E-state index in [2.05, 4.69) is 4.90 Å². The molecule has 2 aliphatic rings. The first kappa shape index (κ1) is 15.7. The molecule has 2 atom stereocenters. The molecule has 0 aromatic rings. The summed E-state index contributed by atoms with van der Waals surface area (Å²) in [5, 5.41) is 0. The quantitative estimate of drug-likeness (QED) is 0.818. The Balaban J connectivity index is 1.83. The van der Waals surface area contributed by atoms with Crippen LogP contribution in [0.2, 0.25) is 0 Å². The molecule has 1 unspecified atom stereocenters. The van der Waals surface area contributed by atoms with Crippen molar-refractivity contribution in [1.82, 2.24) is 9.80 Å². The van der Waals surface area contributed by atoms with Crippen molar-refractivity contribution in [3.05, 3.63) is 0 Å². The molecule has 2 aliphatic heterocycles. The maximum absolute atomic E-state index is 12.3. The van der Waals surface area contributed by atoms with E-state index in [1.165, 1.54) is 6.42 Å². The van der Waals surface area contributed by atoms with Crippen LogP contribution in [-0.4, -0.2) is 67.7 Å². The van der Waals surface area contributed by atoms with Gasteiger partial charge in [-0.2, -0.15) is 0 Å². The second-order valence-electron chi connectivity index (χ2n) is 6.48. The summed E-state index contributed by atoms with van der Waals surface area (Å²) >= 11 is 0. The van der Waals surface area contributed by atoms with Crippen molar-refractivity contribution in [1.29, 1.82) is 0 Å². The lowest BCUT2D eigenvalue weighted by molar-refractivity contribution is -0.135. The highest BCUT2D eigenvalue weighted by atomic mass is 16.5. The number of likely N-dealkylation sites (tertiary alicyclic amines) is 1. The fourth-order valence-electron chi connectivity index (χ4n) is 3.06. The molecule has 2 heterocycles. The standard InChI is InChI=1S/C15H29N3O2/c1-12(2)14(16)15(19)18-5-3-4-13(11-18)10-17-6-8-20-9-7-17/h12-14H,3-11,16H2,1-2H3/t13?,14-/m0/s1. The average molecular weight is 283 g/mol. The topological polar surface area (TPSA) is 58.8 Å². The number of morpholine rings is 1. The van der Waals surface area contributed by atoms with Crippen molar-refractivity contribution in [2.75, 3.05) is 45.9 Å². The third kappa shape index (κ3) is 4.17. The number of nitrogens with zero attached hydrogens (tertiary/aromatic N) is 2. The number of nitrogens with two attached hydrogens (primary N) is 1. The number of rotatable bonds is 4. The normalized spacial score (nSPS) is 26.8. The number of piperidine rings is 1. The highest BCUT2D eigenvalue weighted by molar-refractivity contribution is 5.82. The maximum Gasteiger partial charge on any atom is 0.239 e. The lowest BCUT2D eigenvalue weighted by atomic mass is 9.95. The summed E-state index contributed by atoms with van der Waals surface area (Å²) in [6.07, 6.45) is 2.32. The van der Waals surface area contributed by atoms with Gasteiger partial charge in [0.2, 0.25) is 5.91 Å². The van der Waals surface area contributed by atoms with Gasteiger partial charge in [0.15, 0.2) is 0 Å². The molecular weight excluding hydrogens is 254 g/mol. The van der Waals surface area contributed by atoms with Crippen LogP contribution in [0.5, 0.6) is 0 Å². The van der Waals surface area contributed by atoms with Crippen molar-refractivity contribution in [3.63, 3.8) is 0 Å². The second-order valence-corrected chi connectivity index (χ2v) is 6.48. The molecule has 116 valence electrons. The molecule has 5 nitrogen and oxygen atoms in total. The third-order valence-corrected chi connectivity index (χ3v) is 4.45. The van der Waals surface area contributed by atoms with E-state index in [-0.39, 0.29) is 17.9 Å². The summed E-state index contributed by atoms with van der Waals surface area (Å²) in [5.41, 5.74) is 6.00. The Bertz CT molecular complexity index is 316. The van der Waals surface area contributed by atoms with E-state index >= 15 is 0 Å². The average Bonchev–Trinajstić information content (AvgIpc) is 2.47. The third-order valence-electron chi connectivity index (χ3n) is 4.45. The van der Waals surface area contributed by atoms with Crippen LogP contribution >= 0.6 is 0 Å². The van der Waals surface area contributed by atoms with E-state index in [9.17, 15) is 4.79 Å². The molecule has 0 spiro atoms. The van der Waals surface area contributed by atoms with Gasteiger partial charge in [0.05, 0.1) is 19.3 Å². The minimum Gasteiger partial charge on any atom is -0.379 e. The number of amides is 1. The molecular formula is C15H29N3O2. The zero-order valence-electron chi connectivity index (χ0n) is 12.9. The molecule has 0 radical (unpaired) electrons. The SMILES string of the molecule is CC(C)[C@H](N)C(=O)N1CCCC(CN2CCOCC2)C1. The van der Waals surface area contributed by atoms with Gasteiger partial charge < -0.3 is 15.4 Å². The molecule has 20 heavy (non-hydrogen) atoms. The van der Waals surface area contributed by atoms with Crippen LogP contribution in [0.15, 0.2) is 0 Å². The lowest BCUT2D eigenvalue weighted by Crippen LogP contribution is -2.51. The predicted molar refractivity (Wildman–Crippen MR) is 79.4 cm³/mol. The van der Waals surface area contributed by atoms with Gasteiger partial charge in [-0.15, -0.1) is 0 Å². The van der Waals surface area contributed by atoms with E-state index in [1.807, 2.05) is 18.7 Å². The van der Waals surface area contributed by atoms with Gasteiger partial charge in [-0.3, -0.25) is 9.69 Å². The monoisotopic (exact) mass is 283 g/mol. The Hall–Kier alpha value is -0.650. The number of hydrogen-bond acceptors (Lipinski definition) is 4. The van der Waals surface area contributed by atoms with Gasteiger partial charge >= 0.3 is 0 Å². The zero-order chi connectivity index (χ0) is 14.5. The summed E-state index contributed by atoms with van der Waals surface area (Å²) < 4.78 is 5.38. The van der Waals surface area contributed by atoms with E-state index < -0.39 is 0 Å². The smallest absolute Gasteiger partial charge is 0.239 e. The fourth-order valence-corrected chi connectivity index (χ4v) is 3.06. The minimum absolute atomic E-state index is 0.131. The van der Waals surface area contributed by atoms with Crippen LogP contribution in [0.3, 0.4) is 0 Å². The summed E-state index contributed by atoms with van der Waals surface area (Å²) in [5.74, 6) is 0.930. The molecule has 2 rings (SSSR count). The van der Waals surface area contributed by atoms with Gasteiger partial charge in [-0.25, -0.2) is 0 Å². The molecule has 0 bridgehead atoms. The van der Waals surface area contributed by atoms with Crippen molar-refractivity contribution >= 4 is 5.91 Å². The predicted octanol–water partition coefficient (Wildman–Crippen LogP) is 0.541. The maximum atomic E-state index is 12.3. The molecule has 0 aromatic heterocycles. The van der Waals surface area contributed by atoms with E-state index in [0.717, 1.165) is 52.4 Å². The summed E-state index contributed by atoms with van der Waals surface area (Å²) in [7, 11) is 0. The number of carbonyl (C=O) groups excluding carboxylic acids is 1. The first-order chi connectivity index (χ1) is 9.58. The summed E-state index contributed by atoms with van der Waals surface area (Å²) in [4.78, 5) is 16.8. The lowest BCUT2D eigenvalue weighted by Gasteiger charge is -2.38. The highest BCUT2D eigenvalue weighted by Crippen LogP contribution is 2.19. The Morgan fingerprint density at radius 2 is 2.00 bits per heavy atom. The molecule has 2 N–H and O–H groups in total. The van der Waals surface area contributed by atoms with E-state index in [0.29, 0.717) is 5.92 Å². The van der Waals surface area contributed by atoms with Crippen LogP contribution in [0.1, 0.15) is 26.7 Å². The molecule has 1 amide bonds. The van der Waals surface area contributed by atoms with Crippen LogP contribution in [0.25, 0.3) is 0 Å². The molecule has 2 saturated heterocycles. The van der Waals surface area contributed by atoms with Crippen LogP contribution < -0.4 is 5.73 Å². The van der Waals surface area contributed by atoms with Gasteiger partial charge in [0, 0.05) is 32.7 Å². The van der Waals surface area contributed by atoms with Crippen molar-refractivity contribution < 1.29 is 9.53 Å². The molecule has 0 aromatic carbocycles. The Morgan fingerprint density at radius 3 is 2.65 bits per heavy atom.